The molecule has 2 nitrogen and oxygen atoms in total. The second-order valence-electron chi connectivity index (χ2n) is 3.99. The van der Waals surface area contributed by atoms with Crippen LogP contribution in [-0.2, 0) is 24.9 Å². The van der Waals surface area contributed by atoms with E-state index >= 15 is 0 Å². The van der Waals surface area contributed by atoms with Crippen LogP contribution in [0.5, 0.6) is 0 Å². The molecule has 0 aromatic carbocycles. The monoisotopic (exact) mass is 509 g/mol. The van der Waals surface area contributed by atoms with Crippen molar-refractivity contribution in [3.8, 4) is 0 Å². The first-order chi connectivity index (χ1) is 9.55. The van der Waals surface area contributed by atoms with Crippen LogP contribution in [0, 0.1) is 25.7 Å². The van der Waals surface area contributed by atoms with Crippen LogP contribution in [0.4, 0.5) is 26.3 Å². The predicted octanol–water partition coefficient (Wildman–Crippen LogP) is 4.50. The van der Waals surface area contributed by atoms with Crippen molar-refractivity contribution in [2.45, 2.75) is 38.0 Å². The van der Waals surface area contributed by atoms with Gasteiger partial charge in [0.25, 0.3) is 5.78 Å². The normalized spacial score (nSPS) is 17.3. The number of aliphatic hydroxyl groups excluding tert-OH is 1. The van der Waals surface area contributed by atoms with Crippen LogP contribution >= 0.6 is 0 Å². The second-order valence-corrected chi connectivity index (χ2v) is 3.99. The number of rotatable bonds is 1. The summed E-state index contributed by atoms with van der Waals surface area (Å²) in [4.78, 5) is 9.86. The molecule has 0 amide bonds. The van der Waals surface area contributed by atoms with Crippen LogP contribution < -0.4 is 0 Å². The molecule has 0 heterocycles. The number of hydrogen-bond donors (Lipinski definition) is 1. The van der Waals surface area contributed by atoms with Crippen molar-refractivity contribution < 1.29 is 56.3 Å². The van der Waals surface area contributed by atoms with Crippen LogP contribution in [0.25, 0.3) is 0 Å². The Morgan fingerprint density at radius 3 is 1.36 bits per heavy atom. The number of aliphatic hydroxyl groups is 1. The molecule has 1 rings (SSSR count). The summed E-state index contributed by atoms with van der Waals surface area (Å²) in [5.74, 6) is -5.34. The van der Waals surface area contributed by atoms with Gasteiger partial charge in [-0.1, -0.05) is 0 Å². The van der Waals surface area contributed by atoms with Gasteiger partial charge in [0.05, 0.1) is 0 Å². The van der Waals surface area contributed by atoms with Crippen LogP contribution in [0.1, 0.15) is 25.7 Å². The first-order valence-electron chi connectivity index (χ1n) is 5.94. The molecule has 129 valence electrons. The van der Waals surface area contributed by atoms with E-state index < -0.39 is 30.0 Å². The minimum atomic E-state index is -5.42. The minimum Gasteiger partial charge on any atom is -0.504 e. The first-order valence-corrected chi connectivity index (χ1v) is 5.94. The zero-order chi connectivity index (χ0) is 16.5. The predicted molar refractivity (Wildman–Crippen MR) is 63.5 cm³/mol. The molecule has 9 heteroatoms. The standard InChI is InChI=1S/C8H12.C5H2F6O2.Ir/c1-2-4-6-8-7-5-3-1;6-4(7,8)2(12)1-3(13)5(9,10)11;/h1-2,7-8H,3-6H2;1,12H;/b;2-1-;. The molecule has 0 bridgehead atoms. The fraction of sp³-hybridized carbons (Fsp3) is 0.462. The Bertz CT molecular complexity index is 325. The van der Waals surface area contributed by atoms with Crippen molar-refractivity contribution in [2.75, 3.05) is 0 Å². The fourth-order valence-corrected chi connectivity index (χ4v) is 1.14. The van der Waals surface area contributed by atoms with E-state index in [9.17, 15) is 31.1 Å². The van der Waals surface area contributed by atoms with Gasteiger partial charge < -0.3 is 5.11 Å². The van der Waals surface area contributed by atoms with Crippen molar-refractivity contribution in [2.24, 2.45) is 0 Å². The maximum absolute atomic E-state index is 11.4. The number of hydrogen-bond acceptors (Lipinski definition) is 2. The topological polar surface area (TPSA) is 37.3 Å². The summed E-state index contributed by atoms with van der Waals surface area (Å²) in [5.41, 5.74) is 0. The number of carbonyl (C=O) groups excluding carboxylic acids is 1. The van der Waals surface area contributed by atoms with Gasteiger partial charge in [-0.15, -0.1) is 0 Å². The Kier molecular flexibility index (Phi) is 11.9. The maximum atomic E-state index is 11.4. The fourth-order valence-electron chi connectivity index (χ4n) is 1.14. The molecule has 0 unspecified atom stereocenters. The summed E-state index contributed by atoms with van der Waals surface area (Å²) >= 11 is 0. The number of carbonyl (C=O) groups is 1. The van der Waals surface area contributed by atoms with E-state index in [4.69, 9.17) is 5.11 Å². The molecule has 0 aromatic heterocycles. The zero-order valence-electron chi connectivity index (χ0n) is 11.2. The van der Waals surface area contributed by atoms with Gasteiger partial charge in [-0.25, -0.2) is 0 Å². The molecule has 0 spiro atoms. The van der Waals surface area contributed by atoms with Crippen molar-refractivity contribution in [3.05, 3.63) is 37.5 Å². The average Bonchev–Trinajstić information content (AvgIpc) is 2.25. The smallest absolute Gasteiger partial charge is 0.454 e. The van der Waals surface area contributed by atoms with Gasteiger partial charge in [0.15, 0.2) is 0 Å². The largest absolute Gasteiger partial charge is 0.504 e. The summed E-state index contributed by atoms with van der Waals surface area (Å²) in [6, 6.07) is 0. The number of alkyl halides is 6. The van der Waals surface area contributed by atoms with Crippen LogP contribution in [0.15, 0.2) is 11.8 Å². The molecule has 1 aliphatic rings. The molecule has 0 saturated heterocycles. The van der Waals surface area contributed by atoms with Gasteiger partial charge in [-0.3, -0.25) is 4.79 Å². The van der Waals surface area contributed by atoms with E-state index in [2.05, 4.69) is 25.7 Å². The third-order valence-corrected chi connectivity index (χ3v) is 2.17. The van der Waals surface area contributed by atoms with Crippen molar-refractivity contribution in [1.29, 1.82) is 0 Å². The van der Waals surface area contributed by atoms with Crippen molar-refractivity contribution in [1.82, 2.24) is 0 Å². The van der Waals surface area contributed by atoms with E-state index in [-0.39, 0.29) is 20.1 Å². The Morgan fingerprint density at radius 1 is 0.818 bits per heavy atom. The molecule has 0 aromatic rings. The van der Waals surface area contributed by atoms with E-state index in [1.165, 1.54) is 25.7 Å². The zero-order valence-corrected chi connectivity index (χ0v) is 13.6. The first kappa shape index (κ1) is 23.7. The molecule has 1 aliphatic carbocycles. The molecular weight excluding hydrogens is 494 g/mol. The van der Waals surface area contributed by atoms with Gasteiger partial charge in [0.2, 0.25) is 5.76 Å². The summed E-state index contributed by atoms with van der Waals surface area (Å²) in [7, 11) is 0. The van der Waals surface area contributed by atoms with Crippen molar-refractivity contribution in [3.63, 3.8) is 0 Å². The Balaban J connectivity index is 0. The quantitative estimate of drug-likeness (QED) is 0.322. The molecule has 1 N–H and O–H groups in total. The van der Waals surface area contributed by atoms with Gasteiger partial charge in [0.1, 0.15) is 0 Å². The molecular formula is C13H14F6IrO2. The molecule has 1 saturated carbocycles. The van der Waals surface area contributed by atoms with Gasteiger partial charge in [0, 0.05) is 26.2 Å². The summed E-state index contributed by atoms with van der Waals surface area (Å²) in [6.07, 6.45) is 2.32. The van der Waals surface area contributed by atoms with E-state index in [0.29, 0.717) is 0 Å². The molecule has 0 atom stereocenters. The molecule has 22 heavy (non-hydrogen) atoms. The summed E-state index contributed by atoms with van der Waals surface area (Å²) < 4.78 is 68.1. The molecule has 0 aliphatic heterocycles. The third kappa shape index (κ3) is 12.0. The molecule has 5 radical (unpaired) electrons. The average molecular weight is 508 g/mol. The van der Waals surface area contributed by atoms with Crippen molar-refractivity contribution >= 4 is 5.78 Å². The van der Waals surface area contributed by atoms with Gasteiger partial charge in [-0.2, -0.15) is 26.3 Å². The Hall–Kier alpha value is -0.561. The van der Waals surface area contributed by atoms with Crippen LogP contribution in [0.3, 0.4) is 0 Å². The minimum absolute atomic E-state index is 0. The maximum Gasteiger partial charge on any atom is 0.454 e. The summed E-state index contributed by atoms with van der Waals surface area (Å²) in [5, 5.41) is 7.93. The Morgan fingerprint density at radius 2 is 1.14 bits per heavy atom. The van der Waals surface area contributed by atoms with E-state index in [0.717, 1.165) is 0 Å². The van der Waals surface area contributed by atoms with E-state index in [1.54, 1.807) is 0 Å². The second kappa shape index (κ2) is 11.0. The number of halogens is 6. The SMILES string of the molecule is O=C(/C=C(\O)C(F)(F)F)C(F)(F)F.[CH]1[CH]CC[CH][CH]CC1.[Ir]. The van der Waals surface area contributed by atoms with Crippen LogP contribution in [0.2, 0.25) is 0 Å². The van der Waals surface area contributed by atoms with Crippen LogP contribution in [-0.4, -0.2) is 23.2 Å². The van der Waals surface area contributed by atoms with Gasteiger partial charge >= 0.3 is 12.4 Å². The number of allylic oxidation sites excluding steroid dienone is 2. The third-order valence-electron chi connectivity index (χ3n) is 2.17. The number of ketones is 1. The van der Waals surface area contributed by atoms with E-state index in [1.807, 2.05) is 0 Å². The molecule has 1 fully saturated rings. The Labute approximate surface area is 138 Å². The van der Waals surface area contributed by atoms with Gasteiger partial charge in [-0.05, 0) is 51.4 Å². The summed E-state index contributed by atoms with van der Waals surface area (Å²) in [6.45, 7) is 0.